The molecule has 0 aliphatic carbocycles. The minimum absolute atomic E-state index is 0.0142. The zero-order valence-corrected chi connectivity index (χ0v) is 25.6. The van der Waals surface area contributed by atoms with Crippen LogP contribution in [-0.4, -0.2) is 69.6 Å². The first kappa shape index (κ1) is 29.0. The van der Waals surface area contributed by atoms with Gasteiger partial charge in [-0.2, -0.15) is 0 Å². The van der Waals surface area contributed by atoms with Crippen molar-refractivity contribution in [1.29, 1.82) is 0 Å². The standard InChI is InChI=1S/C30H34Cl2N4O3S/c1-17(2)24-25(27(37)35-22(16-34(4)5)14-15-23(35)28(38)39)40-29-33-30(3,19-8-12-21(32)13-9-19)26(36(24)29)18-6-10-20(31)11-7-18/h6-13,17,22-23,26H,14-16H2,1-5H3,(H,38,39)/t22-,23?,26+,30-/m0/s1. The number of aliphatic carboxylic acids is 1. The fourth-order valence-corrected chi connectivity index (χ4v) is 7.82. The van der Waals surface area contributed by atoms with Gasteiger partial charge in [-0.3, -0.25) is 4.79 Å². The molecule has 3 aliphatic rings. The van der Waals surface area contributed by atoms with Crippen molar-refractivity contribution in [3.8, 4) is 0 Å². The van der Waals surface area contributed by atoms with Crippen molar-refractivity contribution >= 4 is 52.0 Å². The van der Waals surface area contributed by atoms with Gasteiger partial charge in [0.05, 0.1) is 6.04 Å². The molecule has 0 spiro atoms. The highest BCUT2D eigenvalue weighted by Crippen LogP contribution is 2.56. The molecule has 2 aromatic carbocycles. The number of carboxylic acid groups (broad SMARTS) is 1. The van der Waals surface area contributed by atoms with Crippen molar-refractivity contribution < 1.29 is 14.7 Å². The zero-order valence-electron chi connectivity index (χ0n) is 23.3. The Kier molecular flexibility index (Phi) is 8.00. The zero-order chi connectivity index (χ0) is 28.9. The first-order valence-electron chi connectivity index (χ1n) is 13.4. The second-order valence-corrected chi connectivity index (χ2v) is 13.3. The molecule has 1 amide bonds. The Bertz CT molecular complexity index is 1380. The Hall–Kier alpha value is -2.52. The lowest BCUT2D eigenvalue weighted by Crippen LogP contribution is -2.48. The summed E-state index contributed by atoms with van der Waals surface area (Å²) in [6.07, 6.45) is 1.10. The van der Waals surface area contributed by atoms with E-state index in [1.165, 1.54) is 11.8 Å². The number of aliphatic imine (C=N–C) groups is 1. The highest BCUT2D eigenvalue weighted by molar-refractivity contribution is 8.18. The minimum atomic E-state index is -0.962. The third-order valence-electron chi connectivity index (χ3n) is 7.96. The maximum Gasteiger partial charge on any atom is 0.326 e. The van der Waals surface area contributed by atoms with E-state index in [1.807, 2.05) is 67.5 Å². The molecular weight excluding hydrogens is 567 g/mol. The number of nitrogens with zero attached hydrogens (tertiary/aromatic N) is 4. The van der Waals surface area contributed by atoms with Gasteiger partial charge < -0.3 is 19.8 Å². The Morgan fingerprint density at radius 2 is 1.68 bits per heavy atom. The summed E-state index contributed by atoms with van der Waals surface area (Å²) >= 11 is 13.9. The summed E-state index contributed by atoms with van der Waals surface area (Å²) in [5.41, 5.74) is 2.22. The average molecular weight is 602 g/mol. The number of halogens is 2. The van der Waals surface area contributed by atoms with Crippen molar-refractivity contribution in [1.82, 2.24) is 14.7 Å². The molecule has 3 aliphatic heterocycles. The van der Waals surface area contributed by atoms with Crippen LogP contribution in [0.1, 0.15) is 50.8 Å². The smallest absolute Gasteiger partial charge is 0.326 e. The number of amidine groups is 1. The van der Waals surface area contributed by atoms with Crippen molar-refractivity contribution in [3.63, 3.8) is 0 Å². The van der Waals surface area contributed by atoms with Crippen LogP contribution in [0.25, 0.3) is 0 Å². The minimum Gasteiger partial charge on any atom is -0.480 e. The number of thioether (sulfide) groups is 1. The molecule has 212 valence electrons. The van der Waals surface area contributed by atoms with Gasteiger partial charge in [0.25, 0.3) is 5.91 Å². The monoisotopic (exact) mass is 600 g/mol. The van der Waals surface area contributed by atoms with E-state index in [4.69, 9.17) is 28.2 Å². The van der Waals surface area contributed by atoms with Crippen LogP contribution in [0.15, 0.2) is 64.1 Å². The summed E-state index contributed by atoms with van der Waals surface area (Å²) in [5.74, 6) is -1.21. The van der Waals surface area contributed by atoms with E-state index in [-0.39, 0.29) is 23.9 Å². The normalized spacial score (nSPS) is 26.2. The predicted molar refractivity (Wildman–Crippen MR) is 162 cm³/mol. The molecule has 1 N–H and O–H groups in total. The SMILES string of the molecule is CC(C)C1=C(C(=O)N2C(C(=O)O)CC[C@H]2CN(C)C)SC2=N[C@@](C)(c3ccc(Cl)cc3)[C@@H](c3ccc(Cl)cc3)N21. The lowest BCUT2D eigenvalue weighted by Gasteiger charge is -2.37. The van der Waals surface area contributed by atoms with E-state index in [9.17, 15) is 14.7 Å². The molecule has 0 aromatic heterocycles. The first-order valence-corrected chi connectivity index (χ1v) is 15.0. The summed E-state index contributed by atoms with van der Waals surface area (Å²) in [5, 5.41) is 12.0. The molecule has 4 atom stereocenters. The average Bonchev–Trinajstić information content (AvgIpc) is 3.54. The number of likely N-dealkylation sites (tertiary alicyclic amines) is 1. The van der Waals surface area contributed by atoms with Crippen molar-refractivity contribution in [2.24, 2.45) is 10.9 Å². The summed E-state index contributed by atoms with van der Waals surface area (Å²) in [6, 6.07) is 14.2. The van der Waals surface area contributed by atoms with Crippen LogP contribution in [-0.2, 0) is 15.1 Å². The van der Waals surface area contributed by atoms with Crippen LogP contribution in [0.4, 0.5) is 0 Å². The molecule has 1 fully saturated rings. The van der Waals surface area contributed by atoms with Crippen LogP contribution in [0.3, 0.4) is 0 Å². The van der Waals surface area contributed by atoms with E-state index in [2.05, 4.69) is 25.7 Å². The van der Waals surface area contributed by atoms with Gasteiger partial charge in [0.2, 0.25) is 0 Å². The van der Waals surface area contributed by atoms with E-state index in [1.54, 1.807) is 4.90 Å². The quantitative estimate of drug-likeness (QED) is 0.405. The van der Waals surface area contributed by atoms with Gasteiger partial charge >= 0.3 is 5.97 Å². The van der Waals surface area contributed by atoms with Crippen molar-refractivity contribution in [3.05, 3.63) is 80.3 Å². The highest BCUT2D eigenvalue weighted by Gasteiger charge is 2.54. The Balaban J connectivity index is 1.63. The lowest BCUT2D eigenvalue weighted by atomic mass is 9.81. The van der Waals surface area contributed by atoms with Gasteiger partial charge in [0, 0.05) is 28.3 Å². The summed E-state index contributed by atoms with van der Waals surface area (Å²) < 4.78 is 0. The molecule has 10 heteroatoms. The van der Waals surface area contributed by atoms with Crippen LogP contribution in [0.2, 0.25) is 10.0 Å². The number of carboxylic acids is 1. The molecule has 0 radical (unpaired) electrons. The number of carbonyl (C=O) groups is 2. The number of carbonyl (C=O) groups excluding carboxylic acids is 1. The van der Waals surface area contributed by atoms with Crippen molar-refractivity contribution in [2.75, 3.05) is 20.6 Å². The summed E-state index contributed by atoms with van der Waals surface area (Å²) in [7, 11) is 3.89. The maximum absolute atomic E-state index is 14.3. The highest BCUT2D eigenvalue weighted by atomic mass is 35.5. The number of hydrogen-bond donors (Lipinski definition) is 1. The molecule has 0 saturated carbocycles. The Labute approximate surface area is 249 Å². The van der Waals surface area contributed by atoms with Crippen LogP contribution in [0, 0.1) is 5.92 Å². The van der Waals surface area contributed by atoms with Crippen molar-refractivity contribution in [2.45, 2.75) is 57.3 Å². The number of allylic oxidation sites excluding steroid dienone is 1. The van der Waals surface area contributed by atoms with Crippen LogP contribution in [0.5, 0.6) is 0 Å². The van der Waals surface area contributed by atoms with E-state index >= 15 is 0 Å². The third-order valence-corrected chi connectivity index (χ3v) is 9.53. The molecule has 2 aromatic rings. The Morgan fingerprint density at radius 1 is 1.07 bits per heavy atom. The van der Waals surface area contributed by atoms with Crippen LogP contribution >= 0.6 is 35.0 Å². The van der Waals surface area contributed by atoms with Gasteiger partial charge in [-0.15, -0.1) is 0 Å². The molecule has 7 nitrogen and oxygen atoms in total. The molecular formula is C30H34Cl2N4O3S. The van der Waals surface area contributed by atoms with Gasteiger partial charge in [0.1, 0.15) is 16.5 Å². The number of rotatable bonds is 7. The molecule has 40 heavy (non-hydrogen) atoms. The van der Waals surface area contributed by atoms with E-state index in [0.717, 1.165) is 22.0 Å². The fraction of sp³-hybridized carbons (Fsp3) is 0.433. The summed E-state index contributed by atoms with van der Waals surface area (Å²) in [6.45, 7) is 6.85. The number of likely N-dealkylation sites (N-methyl/N-ethyl adjacent to an activating group) is 1. The van der Waals surface area contributed by atoms with E-state index < -0.39 is 17.6 Å². The maximum atomic E-state index is 14.3. The third kappa shape index (κ3) is 5.04. The lowest BCUT2D eigenvalue weighted by molar-refractivity contribution is -0.148. The number of hydrogen-bond acceptors (Lipinski definition) is 6. The second kappa shape index (κ2) is 11.0. The Morgan fingerprint density at radius 3 is 2.23 bits per heavy atom. The summed E-state index contributed by atoms with van der Waals surface area (Å²) in [4.78, 5) is 38.2. The predicted octanol–water partition coefficient (Wildman–Crippen LogP) is 6.24. The van der Waals surface area contributed by atoms with E-state index in [0.29, 0.717) is 34.3 Å². The number of fused-ring (bicyclic) bond motifs is 1. The molecule has 1 unspecified atom stereocenters. The van der Waals surface area contributed by atoms with Gasteiger partial charge in [-0.05, 0) is 86.9 Å². The second-order valence-electron chi connectivity index (χ2n) is 11.4. The number of amides is 1. The van der Waals surface area contributed by atoms with Crippen LogP contribution < -0.4 is 0 Å². The topological polar surface area (TPSA) is 76.5 Å². The number of benzene rings is 2. The van der Waals surface area contributed by atoms with Gasteiger partial charge in [0.15, 0.2) is 5.17 Å². The molecule has 1 saturated heterocycles. The molecule has 0 bridgehead atoms. The largest absolute Gasteiger partial charge is 0.480 e. The van der Waals surface area contributed by atoms with Gasteiger partial charge in [-0.25, -0.2) is 9.79 Å². The fourth-order valence-electron chi connectivity index (χ4n) is 6.22. The van der Waals surface area contributed by atoms with Gasteiger partial charge in [-0.1, -0.05) is 61.3 Å². The molecule has 3 heterocycles. The first-order chi connectivity index (χ1) is 18.9. The molecule has 5 rings (SSSR count).